The Labute approximate surface area is 210 Å². The molecule has 3 heterocycles. The van der Waals surface area contributed by atoms with Gasteiger partial charge in [0.05, 0.1) is 5.52 Å². The summed E-state index contributed by atoms with van der Waals surface area (Å²) in [5, 5.41) is 7.71. The van der Waals surface area contributed by atoms with Crippen molar-refractivity contribution in [2.45, 2.75) is 32.0 Å². The number of amides is 3. The second kappa shape index (κ2) is 9.83. The van der Waals surface area contributed by atoms with Crippen molar-refractivity contribution in [3.63, 3.8) is 0 Å². The van der Waals surface area contributed by atoms with E-state index in [9.17, 15) is 27.6 Å². The Kier molecular flexibility index (Phi) is 6.57. The fourth-order valence-electron chi connectivity index (χ4n) is 4.32. The van der Waals surface area contributed by atoms with Crippen LogP contribution in [0.15, 0.2) is 42.6 Å². The Morgan fingerprint density at radius 3 is 2.43 bits per heavy atom. The fraction of sp³-hybridized carbons (Fsp3) is 0.400. The molecule has 1 aliphatic heterocycles. The number of carbonyl (C=O) groups excluding carboxylic acids is 3. The first kappa shape index (κ1) is 24.7. The molecule has 0 bridgehead atoms. The Morgan fingerprint density at radius 1 is 1.00 bits per heavy atom. The highest BCUT2D eigenvalue weighted by Crippen LogP contribution is 2.31. The molecule has 12 heteroatoms. The highest BCUT2D eigenvalue weighted by molar-refractivity contribution is 6.03. The van der Waals surface area contributed by atoms with E-state index in [4.69, 9.17) is 0 Å². The number of pyridine rings is 1. The number of nitrogens with one attached hydrogen (secondary N) is 1. The molecule has 0 unspecified atom stereocenters. The molecule has 3 amide bonds. The summed E-state index contributed by atoms with van der Waals surface area (Å²) in [6, 6.07) is 8.08. The summed E-state index contributed by atoms with van der Waals surface area (Å²) in [6.45, 7) is 2.56. The van der Waals surface area contributed by atoms with Gasteiger partial charge in [0.25, 0.3) is 5.91 Å². The van der Waals surface area contributed by atoms with E-state index in [1.807, 2.05) is 4.90 Å². The quantitative estimate of drug-likeness (QED) is 0.545. The molecule has 0 spiro atoms. The summed E-state index contributed by atoms with van der Waals surface area (Å²) in [5.74, 6) is -0.374. The first-order valence-electron chi connectivity index (χ1n) is 12.1. The number of aryl methyl sites for hydroxylation is 1. The zero-order chi connectivity index (χ0) is 26.2. The van der Waals surface area contributed by atoms with Crippen molar-refractivity contribution in [1.82, 2.24) is 24.6 Å². The van der Waals surface area contributed by atoms with Crippen LogP contribution in [-0.4, -0.2) is 68.5 Å². The Balaban J connectivity index is 1.16. The summed E-state index contributed by atoms with van der Waals surface area (Å²) in [5.41, 5.74) is -0.456. The third kappa shape index (κ3) is 5.73. The van der Waals surface area contributed by atoms with Crippen LogP contribution in [0, 0.1) is 5.92 Å². The van der Waals surface area contributed by atoms with Crippen LogP contribution in [0.4, 0.5) is 18.9 Å². The van der Waals surface area contributed by atoms with Crippen LogP contribution in [0.3, 0.4) is 0 Å². The molecule has 1 saturated heterocycles. The summed E-state index contributed by atoms with van der Waals surface area (Å²) in [7, 11) is 0. The average Bonchev–Trinajstić information content (AvgIpc) is 3.66. The Hall–Kier alpha value is -3.96. The molecule has 2 aliphatic rings. The lowest BCUT2D eigenvalue weighted by atomic mass is 10.2. The van der Waals surface area contributed by atoms with Gasteiger partial charge in [0.1, 0.15) is 11.4 Å². The van der Waals surface area contributed by atoms with Gasteiger partial charge in [0.15, 0.2) is 0 Å². The number of alkyl halides is 3. The number of piperazine rings is 1. The van der Waals surface area contributed by atoms with Gasteiger partial charge in [-0.2, -0.15) is 18.3 Å². The second-order valence-electron chi connectivity index (χ2n) is 9.26. The van der Waals surface area contributed by atoms with Crippen LogP contribution in [-0.2, 0) is 22.3 Å². The number of rotatable bonds is 6. The number of halogens is 3. The minimum Gasteiger partial charge on any atom is -0.339 e. The third-order valence-corrected chi connectivity index (χ3v) is 6.51. The number of hydrogen-bond donors (Lipinski definition) is 1. The molecule has 1 aliphatic carbocycles. The predicted octanol–water partition coefficient (Wildman–Crippen LogP) is 3.17. The normalized spacial score (nSPS) is 16.2. The van der Waals surface area contributed by atoms with Gasteiger partial charge in [-0.3, -0.25) is 19.1 Å². The highest BCUT2D eigenvalue weighted by Gasteiger charge is 2.35. The maximum Gasteiger partial charge on any atom is 0.433 e. The van der Waals surface area contributed by atoms with E-state index in [0.717, 1.165) is 25.0 Å². The van der Waals surface area contributed by atoms with Crippen LogP contribution in [0.2, 0.25) is 0 Å². The van der Waals surface area contributed by atoms with Gasteiger partial charge >= 0.3 is 6.18 Å². The van der Waals surface area contributed by atoms with Crippen LogP contribution in [0.5, 0.6) is 0 Å². The number of benzene rings is 1. The summed E-state index contributed by atoms with van der Waals surface area (Å²) >= 11 is 0. The van der Waals surface area contributed by atoms with Gasteiger partial charge in [0.2, 0.25) is 11.8 Å². The maximum absolute atomic E-state index is 12.9. The monoisotopic (exact) mass is 514 g/mol. The summed E-state index contributed by atoms with van der Waals surface area (Å²) in [4.78, 5) is 44.3. The third-order valence-electron chi connectivity index (χ3n) is 6.51. The van der Waals surface area contributed by atoms with Crippen molar-refractivity contribution in [2.24, 2.45) is 5.92 Å². The van der Waals surface area contributed by atoms with Crippen LogP contribution < -0.4 is 5.32 Å². The van der Waals surface area contributed by atoms with E-state index in [1.165, 1.54) is 6.07 Å². The van der Waals surface area contributed by atoms with E-state index in [0.29, 0.717) is 49.3 Å². The lowest BCUT2D eigenvalue weighted by molar-refractivity contribution is -0.141. The van der Waals surface area contributed by atoms with Gasteiger partial charge < -0.3 is 15.1 Å². The number of nitrogens with zero attached hydrogens (tertiary/aromatic N) is 5. The predicted molar refractivity (Wildman–Crippen MR) is 127 cm³/mol. The van der Waals surface area contributed by atoms with Crippen LogP contribution in [0.25, 0.3) is 10.9 Å². The summed E-state index contributed by atoms with van der Waals surface area (Å²) < 4.78 is 40.3. The fourth-order valence-corrected chi connectivity index (χ4v) is 4.32. The van der Waals surface area contributed by atoms with Crippen molar-refractivity contribution >= 4 is 34.3 Å². The van der Waals surface area contributed by atoms with E-state index < -0.39 is 17.8 Å². The molecule has 2 fully saturated rings. The molecular weight excluding hydrogens is 489 g/mol. The van der Waals surface area contributed by atoms with E-state index >= 15 is 0 Å². The zero-order valence-electron chi connectivity index (χ0n) is 19.9. The number of fused-ring (bicyclic) bond motifs is 1. The molecule has 2 aromatic heterocycles. The minimum absolute atomic E-state index is 0.000355. The number of anilines is 1. The number of aromatic nitrogens is 3. The number of carbonyl (C=O) groups is 3. The smallest absolute Gasteiger partial charge is 0.339 e. The van der Waals surface area contributed by atoms with Gasteiger partial charge in [-0.15, -0.1) is 0 Å². The molecule has 3 aromatic rings. The van der Waals surface area contributed by atoms with Crippen molar-refractivity contribution in [2.75, 3.05) is 31.5 Å². The molecule has 0 atom stereocenters. The molecule has 194 valence electrons. The van der Waals surface area contributed by atoms with Crippen molar-refractivity contribution in [3.05, 3.63) is 54.0 Å². The van der Waals surface area contributed by atoms with Crippen molar-refractivity contribution in [3.8, 4) is 0 Å². The first-order chi connectivity index (χ1) is 17.7. The molecule has 1 aromatic carbocycles. The SMILES string of the molecule is O=C(Nc1ccc2nn(CCC(=O)N3CCN(C(=O)C4CC4)CC3)cc2c1)c1cccc(C(F)(F)F)n1. The van der Waals surface area contributed by atoms with Gasteiger partial charge in [-0.25, -0.2) is 4.98 Å². The van der Waals surface area contributed by atoms with Gasteiger partial charge in [-0.1, -0.05) is 6.07 Å². The molecule has 9 nitrogen and oxygen atoms in total. The van der Waals surface area contributed by atoms with Crippen LogP contribution >= 0.6 is 0 Å². The van der Waals surface area contributed by atoms with Gasteiger partial charge in [0, 0.05) is 62.3 Å². The van der Waals surface area contributed by atoms with Crippen molar-refractivity contribution < 1.29 is 27.6 Å². The molecule has 1 saturated carbocycles. The maximum atomic E-state index is 12.9. The molecule has 37 heavy (non-hydrogen) atoms. The Morgan fingerprint density at radius 2 is 1.73 bits per heavy atom. The standard InChI is InChI=1S/C25H25F3N6O3/c26-25(27,28)21-3-1-2-20(30-21)23(36)29-18-6-7-19-17(14-18)15-34(31-19)9-8-22(35)32-10-12-33(13-11-32)24(37)16-4-5-16/h1-3,6-7,14-16H,4-5,8-13H2,(H,29,36). The van der Waals surface area contributed by atoms with E-state index in [2.05, 4.69) is 15.4 Å². The van der Waals surface area contributed by atoms with E-state index in [1.54, 1.807) is 34.0 Å². The second-order valence-corrected chi connectivity index (χ2v) is 9.26. The first-order valence-corrected chi connectivity index (χ1v) is 12.1. The number of hydrogen-bond acceptors (Lipinski definition) is 5. The Bertz CT molecular complexity index is 1340. The molecule has 0 radical (unpaired) electrons. The molecule has 1 N–H and O–H groups in total. The highest BCUT2D eigenvalue weighted by atomic mass is 19.4. The summed E-state index contributed by atoms with van der Waals surface area (Å²) in [6.07, 6.45) is -0.703. The lowest BCUT2D eigenvalue weighted by Gasteiger charge is -2.35. The van der Waals surface area contributed by atoms with Gasteiger partial charge in [-0.05, 0) is 43.2 Å². The molecule has 5 rings (SSSR count). The average molecular weight is 515 g/mol. The molecular formula is C25H25F3N6O3. The van der Waals surface area contributed by atoms with Crippen LogP contribution in [0.1, 0.15) is 35.4 Å². The van der Waals surface area contributed by atoms with Crippen molar-refractivity contribution in [1.29, 1.82) is 0 Å². The van der Waals surface area contributed by atoms with E-state index in [-0.39, 0.29) is 29.8 Å². The lowest BCUT2D eigenvalue weighted by Crippen LogP contribution is -2.51. The largest absolute Gasteiger partial charge is 0.433 e. The minimum atomic E-state index is -4.64. The topological polar surface area (TPSA) is 100 Å². The zero-order valence-corrected chi connectivity index (χ0v) is 19.9.